The zero-order valence-electron chi connectivity index (χ0n) is 11.7. The summed E-state index contributed by atoms with van der Waals surface area (Å²) < 4.78 is 65.2. The topological polar surface area (TPSA) is 66.4 Å². The Kier molecular flexibility index (Phi) is 4.54. The Labute approximate surface area is 129 Å². The van der Waals surface area contributed by atoms with E-state index in [0.717, 1.165) is 23.5 Å². The van der Waals surface area contributed by atoms with Crippen LogP contribution in [0, 0.1) is 6.92 Å². The summed E-state index contributed by atoms with van der Waals surface area (Å²) in [6.45, 7) is 2.73. The Hall–Kier alpha value is -1.16. The van der Waals surface area contributed by atoms with Gasteiger partial charge in [-0.2, -0.15) is 13.2 Å². The smallest absolute Gasteiger partial charge is 0.392 e. The molecule has 1 heterocycles. The van der Waals surface area contributed by atoms with Crippen LogP contribution in [0.2, 0.25) is 0 Å². The van der Waals surface area contributed by atoms with Gasteiger partial charge in [-0.3, -0.25) is 0 Å². The molecule has 0 amide bonds. The van der Waals surface area contributed by atoms with Gasteiger partial charge in [0.25, 0.3) is 0 Å². The lowest BCUT2D eigenvalue weighted by Gasteiger charge is -2.07. The van der Waals surface area contributed by atoms with E-state index in [9.17, 15) is 21.6 Å². The second-order valence-corrected chi connectivity index (χ2v) is 7.94. The molecule has 0 saturated heterocycles. The van der Waals surface area contributed by atoms with Crippen LogP contribution in [0.4, 0.5) is 13.2 Å². The van der Waals surface area contributed by atoms with Gasteiger partial charge in [-0.05, 0) is 43.0 Å². The Morgan fingerprint density at radius 1 is 1.36 bits per heavy atom. The molecule has 2 rings (SSSR count). The van der Waals surface area contributed by atoms with Gasteiger partial charge in [0.2, 0.25) is 10.0 Å². The normalized spacial score (nSPS) is 14.5. The van der Waals surface area contributed by atoms with Crippen molar-refractivity contribution in [2.24, 2.45) is 0 Å². The number of sulfonamides is 1. The van der Waals surface area contributed by atoms with Crippen molar-refractivity contribution < 1.29 is 26.7 Å². The first-order valence-electron chi connectivity index (χ1n) is 6.30. The van der Waals surface area contributed by atoms with Crippen LogP contribution in [-0.4, -0.2) is 26.2 Å². The van der Waals surface area contributed by atoms with Crippen LogP contribution in [0.1, 0.15) is 18.1 Å². The van der Waals surface area contributed by atoms with Crippen LogP contribution in [-0.2, 0) is 16.2 Å². The monoisotopic (exact) mass is 353 g/mol. The number of aliphatic hydroxyl groups excluding tert-OH is 1. The fraction of sp³-hybridized carbons (Fsp3) is 0.385. The lowest BCUT2D eigenvalue weighted by molar-refractivity contribution is -0.137. The zero-order chi connectivity index (χ0) is 16.7. The number of halogens is 3. The van der Waals surface area contributed by atoms with E-state index in [1.165, 1.54) is 19.9 Å². The fourth-order valence-electron chi connectivity index (χ4n) is 1.93. The molecule has 22 heavy (non-hydrogen) atoms. The number of thiophene rings is 1. The van der Waals surface area contributed by atoms with E-state index >= 15 is 0 Å². The molecule has 0 aliphatic carbocycles. The van der Waals surface area contributed by atoms with E-state index in [-0.39, 0.29) is 21.7 Å². The Morgan fingerprint density at radius 3 is 2.55 bits per heavy atom. The van der Waals surface area contributed by atoms with Gasteiger partial charge in [-0.15, -0.1) is 11.3 Å². The van der Waals surface area contributed by atoms with E-state index in [4.69, 9.17) is 5.11 Å². The van der Waals surface area contributed by atoms with Gasteiger partial charge in [0, 0.05) is 11.2 Å². The Morgan fingerprint density at radius 2 is 2.00 bits per heavy atom. The lowest BCUT2D eigenvalue weighted by Crippen LogP contribution is -2.30. The highest BCUT2D eigenvalue weighted by molar-refractivity contribution is 7.91. The molecule has 0 aliphatic rings. The van der Waals surface area contributed by atoms with Crippen LogP contribution in [0.5, 0.6) is 0 Å². The van der Waals surface area contributed by atoms with Crippen LogP contribution in [0.25, 0.3) is 10.1 Å². The molecule has 0 bridgehead atoms. The standard InChI is InChI=1S/C13H14F3NO3S2/c1-7(18)6-17-22(19,20)12-8(2)10-5-9(13(14,15)16)3-4-11(10)21-12/h3-5,7,17-18H,6H2,1-2H3. The van der Waals surface area contributed by atoms with Gasteiger partial charge in [0.05, 0.1) is 11.7 Å². The first kappa shape index (κ1) is 17.2. The first-order chi connectivity index (χ1) is 10.0. The largest absolute Gasteiger partial charge is 0.416 e. The van der Waals surface area contributed by atoms with E-state index in [2.05, 4.69) is 4.72 Å². The molecule has 2 N–H and O–H groups in total. The summed E-state index contributed by atoms with van der Waals surface area (Å²) in [5, 5.41) is 9.41. The van der Waals surface area contributed by atoms with Crippen LogP contribution >= 0.6 is 11.3 Å². The number of aryl methyl sites for hydroxylation is 1. The van der Waals surface area contributed by atoms with Crippen LogP contribution in [0.3, 0.4) is 0 Å². The number of aliphatic hydroxyl groups is 1. The van der Waals surface area contributed by atoms with Crippen molar-refractivity contribution in [2.45, 2.75) is 30.3 Å². The summed E-state index contributed by atoms with van der Waals surface area (Å²) in [4.78, 5) is 0. The van der Waals surface area contributed by atoms with Crippen molar-refractivity contribution in [1.82, 2.24) is 4.72 Å². The van der Waals surface area contributed by atoms with Crippen molar-refractivity contribution in [1.29, 1.82) is 0 Å². The van der Waals surface area contributed by atoms with E-state index < -0.39 is 27.9 Å². The zero-order valence-corrected chi connectivity index (χ0v) is 13.4. The molecule has 2 aromatic rings. The van der Waals surface area contributed by atoms with E-state index in [0.29, 0.717) is 4.70 Å². The van der Waals surface area contributed by atoms with Gasteiger partial charge < -0.3 is 5.11 Å². The maximum atomic E-state index is 12.7. The number of benzene rings is 1. The maximum absolute atomic E-state index is 12.7. The summed E-state index contributed by atoms with van der Waals surface area (Å²) >= 11 is 0.902. The summed E-state index contributed by atoms with van der Waals surface area (Å²) in [5.74, 6) is 0. The molecule has 0 aliphatic heterocycles. The molecule has 4 nitrogen and oxygen atoms in total. The minimum atomic E-state index is -4.48. The molecule has 0 fully saturated rings. The van der Waals surface area contributed by atoms with Gasteiger partial charge in [0.1, 0.15) is 4.21 Å². The first-order valence-corrected chi connectivity index (χ1v) is 8.60. The summed E-state index contributed by atoms with van der Waals surface area (Å²) in [5.41, 5.74) is -0.550. The maximum Gasteiger partial charge on any atom is 0.416 e. The van der Waals surface area contributed by atoms with Crippen LogP contribution in [0.15, 0.2) is 22.4 Å². The number of nitrogens with one attached hydrogen (secondary N) is 1. The molecule has 1 atom stereocenters. The molecule has 0 saturated carbocycles. The molecule has 9 heteroatoms. The molecule has 122 valence electrons. The molecule has 0 radical (unpaired) electrons. The molecule has 1 aromatic carbocycles. The molecule has 0 spiro atoms. The summed E-state index contributed by atoms with van der Waals surface area (Å²) in [6, 6.07) is 3.15. The third-order valence-corrected chi connectivity index (χ3v) is 6.35. The third kappa shape index (κ3) is 3.43. The van der Waals surface area contributed by atoms with E-state index in [1.807, 2.05) is 0 Å². The van der Waals surface area contributed by atoms with Crippen molar-refractivity contribution >= 4 is 31.4 Å². The third-order valence-electron chi connectivity index (χ3n) is 3.03. The lowest BCUT2D eigenvalue weighted by atomic mass is 10.1. The second kappa shape index (κ2) is 5.80. The Bertz CT molecular complexity index is 795. The van der Waals surface area contributed by atoms with Crippen molar-refractivity contribution in [3.63, 3.8) is 0 Å². The van der Waals surface area contributed by atoms with Gasteiger partial charge in [-0.1, -0.05) is 0 Å². The summed E-state index contributed by atoms with van der Waals surface area (Å²) in [6.07, 6.45) is -5.34. The number of alkyl halides is 3. The second-order valence-electron chi connectivity index (χ2n) is 4.92. The molecular weight excluding hydrogens is 339 g/mol. The minimum absolute atomic E-state index is 0.0394. The van der Waals surface area contributed by atoms with Gasteiger partial charge >= 0.3 is 6.18 Å². The Balaban J connectivity index is 2.51. The van der Waals surface area contributed by atoms with E-state index in [1.54, 1.807) is 0 Å². The number of fused-ring (bicyclic) bond motifs is 1. The highest BCUT2D eigenvalue weighted by atomic mass is 32.2. The molecular formula is C13H14F3NO3S2. The molecule has 1 unspecified atom stereocenters. The number of hydrogen-bond acceptors (Lipinski definition) is 4. The predicted octanol–water partition coefficient (Wildman–Crippen LogP) is 2.89. The average Bonchev–Trinajstić information content (AvgIpc) is 2.73. The van der Waals surface area contributed by atoms with Crippen molar-refractivity contribution in [3.05, 3.63) is 29.3 Å². The van der Waals surface area contributed by atoms with Crippen molar-refractivity contribution in [3.8, 4) is 0 Å². The van der Waals surface area contributed by atoms with Gasteiger partial charge in [0.15, 0.2) is 0 Å². The summed E-state index contributed by atoms with van der Waals surface area (Å²) in [7, 11) is -3.87. The van der Waals surface area contributed by atoms with Crippen molar-refractivity contribution in [2.75, 3.05) is 6.54 Å². The highest BCUT2D eigenvalue weighted by Crippen LogP contribution is 2.38. The number of rotatable bonds is 4. The quantitative estimate of drug-likeness (QED) is 0.888. The molecule has 1 aromatic heterocycles. The van der Waals surface area contributed by atoms with Crippen LogP contribution < -0.4 is 4.72 Å². The highest BCUT2D eigenvalue weighted by Gasteiger charge is 2.31. The predicted molar refractivity (Wildman–Crippen MR) is 78.4 cm³/mol. The van der Waals surface area contributed by atoms with Gasteiger partial charge in [-0.25, -0.2) is 13.1 Å². The SMILES string of the molecule is Cc1c(S(=O)(=O)NCC(C)O)sc2ccc(C(F)(F)F)cc12. The minimum Gasteiger partial charge on any atom is -0.392 e. The fourth-order valence-corrected chi connectivity index (χ4v) is 4.84. The average molecular weight is 353 g/mol. The number of hydrogen-bond donors (Lipinski definition) is 2.